The molecule has 0 bridgehead atoms. The van der Waals surface area contributed by atoms with Gasteiger partial charge in [-0.1, -0.05) is 6.07 Å². The van der Waals surface area contributed by atoms with E-state index in [9.17, 15) is 5.11 Å². The van der Waals surface area contributed by atoms with E-state index in [0.717, 1.165) is 5.56 Å². The first kappa shape index (κ1) is 10.6. The second-order valence-electron chi connectivity index (χ2n) is 3.64. The van der Waals surface area contributed by atoms with Crippen molar-refractivity contribution in [3.8, 4) is 0 Å². The van der Waals surface area contributed by atoms with Crippen LogP contribution in [-0.4, -0.2) is 15.1 Å². The largest absolute Gasteiger partial charge is 0.383 e. The van der Waals surface area contributed by atoms with Crippen LogP contribution in [0, 0.1) is 6.92 Å². The molecular formula is C12H13N3O. The Morgan fingerprint density at radius 3 is 2.81 bits per heavy atom. The van der Waals surface area contributed by atoms with Crippen LogP contribution in [0.5, 0.6) is 0 Å². The number of aliphatic hydroxyl groups excluding tert-OH is 1. The van der Waals surface area contributed by atoms with Gasteiger partial charge in [0, 0.05) is 18.0 Å². The summed E-state index contributed by atoms with van der Waals surface area (Å²) >= 11 is 0. The Hall–Kier alpha value is -1.94. The van der Waals surface area contributed by atoms with Gasteiger partial charge < -0.3 is 10.8 Å². The molecule has 0 saturated heterocycles. The summed E-state index contributed by atoms with van der Waals surface area (Å²) in [6.45, 7) is 1.90. The van der Waals surface area contributed by atoms with E-state index in [1.165, 1.54) is 0 Å². The van der Waals surface area contributed by atoms with Crippen molar-refractivity contribution in [3.05, 3.63) is 53.5 Å². The molecule has 0 amide bonds. The van der Waals surface area contributed by atoms with Gasteiger partial charge >= 0.3 is 0 Å². The number of hydrogen-bond acceptors (Lipinski definition) is 4. The van der Waals surface area contributed by atoms with Gasteiger partial charge in [0.15, 0.2) is 0 Å². The lowest BCUT2D eigenvalue weighted by Crippen LogP contribution is -2.07. The maximum Gasteiger partial charge on any atom is 0.129 e. The number of pyridine rings is 2. The molecule has 2 aromatic heterocycles. The molecule has 16 heavy (non-hydrogen) atoms. The fourth-order valence-electron chi connectivity index (χ4n) is 1.52. The molecule has 0 spiro atoms. The molecule has 0 aliphatic carbocycles. The van der Waals surface area contributed by atoms with Crippen LogP contribution in [0.2, 0.25) is 0 Å². The minimum absolute atomic E-state index is 0.337. The molecule has 3 N–H and O–H groups in total. The summed E-state index contributed by atoms with van der Waals surface area (Å²) < 4.78 is 0. The number of nitrogens with two attached hydrogens (primary N) is 1. The molecule has 0 aromatic carbocycles. The number of aryl methyl sites for hydroxylation is 1. The number of aromatic nitrogens is 2. The molecule has 0 fully saturated rings. The number of anilines is 1. The summed E-state index contributed by atoms with van der Waals surface area (Å²) in [5, 5.41) is 10.1. The van der Waals surface area contributed by atoms with Gasteiger partial charge in [0.2, 0.25) is 0 Å². The number of hydrogen-bond donors (Lipinski definition) is 2. The van der Waals surface area contributed by atoms with Crippen molar-refractivity contribution in [1.29, 1.82) is 0 Å². The molecule has 0 aliphatic heterocycles. The van der Waals surface area contributed by atoms with Crippen LogP contribution in [0.15, 0.2) is 36.7 Å². The molecule has 4 nitrogen and oxygen atoms in total. The van der Waals surface area contributed by atoms with Crippen molar-refractivity contribution in [2.45, 2.75) is 13.0 Å². The van der Waals surface area contributed by atoms with Crippen molar-refractivity contribution in [3.63, 3.8) is 0 Å². The van der Waals surface area contributed by atoms with Crippen molar-refractivity contribution < 1.29 is 5.11 Å². The molecule has 2 heterocycles. The highest BCUT2D eigenvalue weighted by Gasteiger charge is 2.15. The van der Waals surface area contributed by atoms with Gasteiger partial charge in [-0.3, -0.25) is 4.98 Å². The first-order chi connectivity index (χ1) is 7.68. The third-order valence-corrected chi connectivity index (χ3v) is 2.35. The van der Waals surface area contributed by atoms with Crippen molar-refractivity contribution in [2.24, 2.45) is 0 Å². The van der Waals surface area contributed by atoms with Gasteiger partial charge in [-0.2, -0.15) is 0 Å². The maximum absolute atomic E-state index is 10.1. The summed E-state index contributed by atoms with van der Waals surface area (Å²) in [6.07, 6.45) is 2.48. The van der Waals surface area contributed by atoms with E-state index in [2.05, 4.69) is 9.97 Å². The van der Waals surface area contributed by atoms with E-state index in [1.54, 1.807) is 24.5 Å². The fourth-order valence-corrected chi connectivity index (χ4v) is 1.52. The van der Waals surface area contributed by atoms with E-state index in [1.807, 2.05) is 19.1 Å². The lowest BCUT2D eigenvalue weighted by molar-refractivity contribution is 0.215. The van der Waals surface area contributed by atoms with Crippen LogP contribution in [0.1, 0.15) is 22.9 Å². The monoisotopic (exact) mass is 215 g/mol. The third kappa shape index (κ3) is 2.01. The highest BCUT2D eigenvalue weighted by molar-refractivity contribution is 5.44. The van der Waals surface area contributed by atoms with Crippen LogP contribution < -0.4 is 5.73 Å². The van der Waals surface area contributed by atoms with Crippen molar-refractivity contribution in [1.82, 2.24) is 9.97 Å². The smallest absolute Gasteiger partial charge is 0.129 e. The SMILES string of the molecule is Cc1cnc(N)c(C(O)c2ccccn2)c1. The number of aliphatic hydroxyl groups is 1. The zero-order valence-electron chi connectivity index (χ0n) is 8.96. The number of nitrogen functional groups attached to an aromatic ring is 1. The molecule has 4 heteroatoms. The van der Waals surface area contributed by atoms with E-state index < -0.39 is 6.10 Å². The first-order valence-electron chi connectivity index (χ1n) is 4.99. The normalized spacial score (nSPS) is 12.4. The van der Waals surface area contributed by atoms with Crippen molar-refractivity contribution in [2.75, 3.05) is 5.73 Å². The third-order valence-electron chi connectivity index (χ3n) is 2.35. The van der Waals surface area contributed by atoms with E-state index in [4.69, 9.17) is 5.73 Å². The Morgan fingerprint density at radius 2 is 2.12 bits per heavy atom. The second kappa shape index (κ2) is 4.28. The van der Waals surface area contributed by atoms with E-state index in [0.29, 0.717) is 17.1 Å². The van der Waals surface area contributed by atoms with Crippen LogP contribution in [0.3, 0.4) is 0 Å². The topological polar surface area (TPSA) is 72.0 Å². The van der Waals surface area contributed by atoms with E-state index in [-0.39, 0.29) is 0 Å². The average molecular weight is 215 g/mol. The highest BCUT2D eigenvalue weighted by Crippen LogP contribution is 2.24. The molecule has 82 valence electrons. The summed E-state index contributed by atoms with van der Waals surface area (Å²) in [6, 6.07) is 7.20. The van der Waals surface area contributed by atoms with Gasteiger partial charge in [-0.15, -0.1) is 0 Å². The maximum atomic E-state index is 10.1. The van der Waals surface area contributed by atoms with Crippen LogP contribution in [0.4, 0.5) is 5.82 Å². The molecule has 0 aliphatic rings. The van der Waals surface area contributed by atoms with Gasteiger partial charge in [0.25, 0.3) is 0 Å². The van der Waals surface area contributed by atoms with Crippen LogP contribution in [-0.2, 0) is 0 Å². The summed E-state index contributed by atoms with van der Waals surface area (Å²) in [4.78, 5) is 8.11. The number of nitrogens with zero attached hydrogens (tertiary/aromatic N) is 2. The number of rotatable bonds is 2. The molecule has 2 aromatic rings. The Bertz CT molecular complexity index is 485. The van der Waals surface area contributed by atoms with Gasteiger partial charge in [-0.25, -0.2) is 4.98 Å². The summed E-state index contributed by atoms with van der Waals surface area (Å²) in [7, 11) is 0. The molecule has 2 rings (SSSR count). The molecular weight excluding hydrogens is 202 g/mol. The Balaban J connectivity index is 2.41. The Morgan fingerprint density at radius 1 is 1.31 bits per heavy atom. The van der Waals surface area contributed by atoms with Gasteiger partial charge in [0.1, 0.15) is 11.9 Å². The van der Waals surface area contributed by atoms with Crippen LogP contribution in [0.25, 0.3) is 0 Å². The quantitative estimate of drug-likeness (QED) is 0.795. The second-order valence-corrected chi connectivity index (χ2v) is 3.64. The predicted molar refractivity (Wildman–Crippen MR) is 61.7 cm³/mol. The molecule has 1 atom stereocenters. The minimum Gasteiger partial charge on any atom is -0.383 e. The standard InChI is InChI=1S/C12H13N3O/c1-8-6-9(12(13)15-7-8)11(16)10-4-2-3-5-14-10/h2-7,11,16H,1H3,(H2,13,15). The van der Waals surface area contributed by atoms with E-state index >= 15 is 0 Å². The fraction of sp³-hybridized carbons (Fsp3) is 0.167. The van der Waals surface area contributed by atoms with Crippen LogP contribution >= 0.6 is 0 Å². The lowest BCUT2D eigenvalue weighted by Gasteiger charge is -2.12. The van der Waals surface area contributed by atoms with Crippen molar-refractivity contribution >= 4 is 5.82 Å². The molecule has 0 radical (unpaired) electrons. The first-order valence-corrected chi connectivity index (χ1v) is 4.99. The Labute approximate surface area is 93.8 Å². The molecule has 0 saturated carbocycles. The minimum atomic E-state index is -0.825. The highest BCUT2D eigenvalue weighted by atomic mass is 16.3. The Kier molecular flexibility index (Phi) is 2.83. The van der Waals surface area contributed by atoms with Gasteiger partial charge in [0.05, 0.1) is 5.69 Å². The summed E-state index contributed by atoms with van der Waals surface area (Å²) in [5.41, 5.74) is 7.85. The van der Waals surface area contributed by atoms with Gasteiger partial charge in [-0.05, 0) is 30.7 Å². The summed E-state index contributed by atoms with van der Waals surface area (Å²) in [5.74, 6) is 0.337. The average Bonchev–Trinajstić information content (AvgIpc) is 2.32. The molecule has 1 unspecified atom stereocenters. The zero-order chi connectivity index (χ0) is 11.5. The predicted octanol–water partition coefficient (Wildman–Crippen LogP) is 1.45. The zero-order valence-corrected chi connectivity index (χ0v) is 8.96. The lowest BCUT2D eigenvalue weighted by atomic mass is 10.1.